The van der Waals surface area contributed by atoms with E-state index >= 15 is 0 Å². The number of ether oxygens (including phenoxy) is 2. The molecule has 0 unspecified atom stereocenters. The fraction of sp³-hybridized carbons (Fsp3) is 0.125. The molecule has 10 heteroatoms. The second-order valence-corrected chi connectivity index (χ2v) is 5.15. The van der Waals surface area contributed by atoms with E-state index in [9.17, 15) is 19.5 Å². The zero-order valence-electron chi connectivity index (χ0n) is 13.7. The Labute approximate surface area is 145 Å². The molecule has 0 atom stereocenters. The molecule has 0 fully saturated rings. The van der Waals surface area contributed by atoms with Gasteiger partial charge in [0, 0.05) is 6.21 Å². The van der Waals surface area contributed by atoms with E-state index in [0.29, 0.717) is 16.7 Å². The minimum atomic E-state index is -0.853. The zero-order valence-corrected chi connectivity index (χ0v) is 13.7. The van der Waals surface area contributed by atoms with Crippen molar-refractivity contribution in [3.05, 3.63) is 50.3 Å². The Morgan fingerprint density at radius 3 is 2.62 bits per heavy atom. The first-order valence-electron chi connectivity index (χ1n) is 7.33. The number of methoxy groups -OCH3 is 2. The van der Waals surface area contributed by atoms with Crippen LogP contribution in [0.3, 0.4) is 0 Å². The largest absolute Gasteiger partial charge is 0.496 e. The van der Waals surface area contributed by atoms with Crippen molar-refractivity contribution in [2.45, 2.75) is 0 Å². The molecule has 3 aromatic rings. The Bertz CT molecular complexity index is 1140. The van der Waals surface area contributed by atoms with E-state index in [1.54, 1.807) is 18.2 Å². The highest BCUT2D eigenvalue weighted by atomic mass is 16.5. The summed E-state index contributed by atoms with van der Waals surface area (Å²) in [4.78, 5) is 46.1. The van der Waals surface area contributed by atoms with Crippen molar-refractivity contribution in [2.24, 2.45) is 4.99 Å². The molecule has 0 aliphatic carbocycles. The average Bonchev–Trinajstić information content (AvgIpc) is 2.99. The summed E-state index contributed by atoms with van der Waals surface area (Å²) in [5.41, 5.74) is -1.19. The first kappa shape index (κ1) is 17.0. The number of esters is 1. The van der Waals surface area contributed by atoms with Crippen LogP contribution >= 0.6 is 0 Å². The van der Waals surface area contributed by atoms with Gasteiger partial charge in [-0.25, -0.2) is 9.59 Å². The van der Waals surface area contributed by atoms with Crippen molar-refractivity contribution in [1.29, 1.82) is 0 Å². The van der Waals surface area contributed by atoms with Crippen LogP contribution in [0.25, 0.3) is 10.9 Å². The molecule has 0 amide bonds. The second-order valence-electron chi connectivity index (χ2n) is 5.15. The van der Waals surface area contributed by atoms with E-state index in [0.717, 1.165) is 6.21 Å². The third-order valence-corrected chi connectivity index (χ3v) is 3.65. The third kappa shape index (κ3) is 2.83. The fourth-order valence-electron chi connectivity index (χ4n) is 2.48. The van der Waals surface area contributed by atoms with Crippen molar-refractivity contribution in [1.82, 2.24) is 15.0 Å². The minimum absolute atomic E-state index is 0.0450. The molecule has 2 heterocycles. The van der Waals surface area contributed by atoms with E-state index < -0.39 is 23.1 Å². The maximum Gasteiger partial charge on any atom is 0.356 e. The molecular formula is C16H14N4O6. The highest BCUT2D eigenvalue weighted by molar-refractivity contribution is 6.08. The quantitative estimate of drug-likeness (QED) is 0.400. The summed E-state index contributed by atoms with van der Waals surface area (Å²) in [7, 11) is 2.68. The highest BCUT2D eigenvalue weighted by Gasteiger charge is 2.21. The summed E-state index contributed by atoms with van der Waals surface area (Å²) in [6, 6.07) is 5.12. The number of nitrogens with zero attached hydrogens (tertiary/aromatic N) is 1. The summed E-state index contributed by atoms with van der Waals surface area (Å²) < 4.78 is 10.0. The number of fused-ring (bicyclic) bond motifs is 1. The molecule has 0 radical (unpaired) electrons. The van der Waals surface area contributed by atoms with Crippen LogP contribution < -0.4 is 16.0 Å². The number of hydrogen-bond acceptors (Lipinski definition) is 7. The minimum Gasteiger partial charge on any atom is -0.496 e. The molecule has 1 aromatic carbocycles. The third-order valence-electron chi connectivity index (χ3n) is 3.65. The van der Waals surface area contributed by atoms with Crippen molar-refractivity contribution in [3.8, 4) is 11.6 Å². The van der Waals surface area contributed by atoms with E-state index in [2.05, 4.69) is 9.98 Å². The molecule has 0 bridgehead atoms. The smallest absolute Gasteiger partial charge is 0.356 e. The molecule has 3 rings (SSSR count). The number of rotatable bonds is 4. The second kappa shape index (κ2) is 6.59. The number of hydrogen-bond donors (Lipinski definition) is 4. The zero-order chi connectivity index (χ0) is 18.8. The van der Waals surface area contributed by atoms with Crippen LogP contribution in [0.5, 0.6) is 11.6 Å². The maximum atomic E-state index is 12.1. The van der Waals surface area contributed by atoms with Gasteiger partial charge in [0.15, 0.2) is 5.69 Å². The van der Waals surface area contributed by atoms with E-state index in [1.807, 2.05) is 9.97 Å². The Morgan fingerprint density at radius 1 is 1.19 bits per heavy atom. The van der Waals surface area contributed by atoms with Crippen LogP contribution in [0.4, 0.5) is 5.69 Å². The number of carbonyl (C=O) groups excluding carboxylic acids is 1. The number of nitrogens with one attached hydrogen (secondary N) is 3. The summed E-state index contributed by atoms with van der Waals surface area (Å²) in [6.45, 7) is 0. The van der Waals surface area contributed by atoms with Gasteiger partial charge in [0.1, 0.15) is 17.0 Å². The normalized spacial score (nSPS) is 11.2. The molecule has 0 aliphatic heterocycles. The number of aromatic hydroxyl groups is 1. The molecule has 2 aromatic heterocycles. The Kier molecular flexibility index (Phi) is 4.31. The van der Waals surface area contributed by atoms with Gasteiger partial charge in [-0.2, -0.15) is 0 Å². The lowest BCUT2D eigenvalue weighted by molar-refractivity contribution is 0.0596. The Morgan fingerprint density at radius 2 is 1.96 bits per heavy atom. The number of aromatic amines is 3. The van der Waals surface area contributed by atoms with Gasteiger partial charge in [0.25, 0.3) is 5.56 Å². The van der Waals surface area contributed by atoms with Gasteiger partial charge in [0.05, 0.1) is 25.1 Å². The van der Waals surface area contributed by atoms with Gasteiger partial charge in [-0.15, -0.1) is 0 Å². The highest BCUT2D eigenvalue weighted by Crippen LogP contribution is 2.37. The van der Waals surface area contributed by atoms with Crippen LogP contribution in [-0.4, -0.2) is 46.5 Å². The van der Waals surface area contributed by atoms with E-state index in [4.69, 9.17) is 9.47 Å². The molecule has 4 N–H and O–H groups in total. The molecule has 26 heavy (non-hydrogen) atoms. The number of aromatic nitrogens is 3. The van der Waals surface area contributed by atoms with Crippen molar-refractivity contribution >= 4 is 28.8 Å². The van der Waals surface area contributed by atoms with Crippen LogP contribution in [0.1, 0.15) is 16.1 Å². The molecule has 10 nitrogen and oxygen atoms in total. The van der Waals surface area contributed by atoms with Crippen molar-refractivity contribution in [3.63, 3.8) is 0 Å². The lowest BCUT2D eigenvalue weighted by atomic mass is 10.2. The number of aliphatic imine (C=N–C) groups is 1. The molecule has 0 saturated carbocycles. The Balaban J connectivity index is 2.25. The monoisotopic (exact) mass is 358 g/mol. The lowest BCUT2D eigenvalue weighted by Crippen LogP contribution is -2.24. The van der Waals surface area contributed by atoms with E-state index in [1.165, 1.54) is 14.2 Å². The topological polar surface area (TPSA) is 150 Å². The fourth-order valence-corrected chi connectivity index (χ4v) is 2.48. The van der Waals surface area contributed by atoms with Crippen molar-refractivity contribution < 1.29 is 19.4 Å². The predicted molar refractivity (Wildman–Crippen MR) is 92.8 cm³/mol. The molecule has 0 spiro atoms. The van der Waals surface area contributed by atoms with Gasteiger partial charge < -0.3 is 19.6 Å². The summed E-state index contributed by atoms with van der Waals surface area (Å²) in [5.74, 6) is -0.871. The van der Waals surface area contributed by atoms with Gasteiger partial charge in [-0.3, -0.25) is 19.8 Å². The van der Waals surface area contributed by atoms with E-state index in [-0.39, 0.29) is 16.9 Å². The van der Waals surface area contributed by atoms with Gasteiger partial charge in [-0.05, 0) is 12.1 Å². The number of benzene rings is 1. The van der Waals surface area contributed by atoms with Crippen LogP contribution in [0.2, 0.25) is 0 Å². The molecular weight excluding hydrogens is 344 g/mol. The molecule has 0 saturated heterocycles. The summed E-state index contributed by atoms with van der Waals surface area (Å²) in [5, 5.41) is 10.2. The number of carbonyl (C=O) groups is 1. The lowest BCUT2D eigenvalue weighted by Gasteiger charge is -2.03. The van der Waals surface area contributed by atoms with Gasteiger partial charge in [0.2, 0.25) is 5.88 Å². The summed E-state index contributed by atoms with van der Waals surface area (Å²) >= 11 is 0. The SMILES string of the molecule is COC(=O)c1[nH]c2cccc(OC)c2c1N=Cc1c(O)[nH]c(=O)[nH]c1=O. The van der Waals surface area contributed by atoms with Crippen LogP contribution in [-0.2, 0) is 4.74 Å². The maximum absolute atomic E-state index is 12.1. The number of H-pyrrole nitrogens is 3. The first-order valence-corrected chi connectivity index (χ1v) is 7.33. The van der Waals surface area contributed by atoms with Gasteiger partial charge in [-0.1, -0.05) is 6.07 Å². The first-order chi connectivity index (χ1) is 12.5. The van der Waals surface area contributed by atoms with Crippen molar-refractivity contribution in [2.75, 3.05) is 14.2 Å². The van der Waals surface area contributed by atoms with Gasteiger partial charge >= 0.3 is 11.7 Å². The van der Waals surface area contributed by atoms with Crippen LogP contribution in [0.15, 0.2) is 32.8 Å². The predicted octanol–water partition coefficient (Wildman–Crippen LogP) is 0.796. The van der Waals surface area contributed by atoms with Crippen LogP contribution in [0, 0.1) is 0 Å². The molecule has 134 valence electrons. The standard InChI is InChI=1S/C16H14N4O6/c1-25-9-5-3-4-8-10(9)11(12(18-8)15(23)26-2)17-6-7-13(21)19-16(24)20-14(7)22/h3-6,18H,1-2H3,(H3,19,20,21,22,24). The summed E-state index contributed by atoms with van der Waals surface area (Å²) in [6.07, 6.45) is 1.03. The Hall–Kier alpha value is -3.82. The molecule has 0 aliphatic rings. The average molecular weight is 358 g/mol.